The summed E-state index contributed by atoms with van der Waals surface area (Å²) in [6.07, 6.45) is 6.98. The van der Waals surface area contributed by atoms with Crippen LogP contribution in [0.1, 0.15) is 32.6 Å². The summed E-state index contributed by atoms with van der Waals surface area (Å²) in [6.45, 7) is 5.53. The first kappa shape index (κ1) is 13.8. The molecule has 1 unspecified atom stereocenters. The molecule has 1 atom stereocenters. The zero-order valence-electron chi connectivity index (χ0n) is 11.0. The predicted octanol–water partition coefficient (Wildman–Crippen LogP) is 3.20. The zero-order valence-corrected chi connectivity index (χ0v) is 12.6. The maximum atomic E-state index is 4.53. The summed E-state index contributed by atoms with van der Waals surface area (Å²) < 4.78 is 1.05. The fraction of sp³-hybridized carbons (Fsp3) is 0.643. The lowest BCUT2D eigenvalue weighted by molar-refractivity contribution is 0.433. The Morgan fingerprint density at radius 3 is 3.06 bits per heavy atom. The first-order chi connectivity index (χ1) is 8.81. The largest absolute Gasteiger partial charge is 0.352 e. The van der Waals surface area contributed by atoms with E-state index in [1.807, 2.05) is 6.20 Å². The Balaban J connectivity index is 2.00. The van der Waals surface area contributed by atoms with E-state index in [9.17, 15) is 0 Å². The van der Waals surface area contributed by atoms with Crippen molar-refractivity contribution in [2.45, 2.75) is 38.6 Å². The Labute approximate surface area is 118 Å². The van der Waals surface area contributed by atoms with Crippen molar-refractivity contribution in [3.8, 4) is 0 Å². The number of rotatable bonds is 5. The van der Waals surface area contributed by atoms with Crippen LogP contribution in [0.5, 0.6) is 0 Å². The molecule has 1 N–H and O–H groups in total. The van der Waals surface area contributed by atoms with Crippen molar-refractivity contribution in [2.24, 2.45) is 0 Å². The number of nitrogens with one attached hydrogen (secondary N) is 1. The van der Waals surface area contributed by atoms with Crippen molar-refractivity contribution in [3.05, 3.63) is 22.8 Å². The highest BCUT2D eigenvalue weighted by Gasteiger charge is 2.22. The Hall–Kier alpha value is -0.610. The van der Waals surface area contributed by atoms with Gasteiger partial charge in [-0.15, -0.1) is 0 Å². The maximum absolute atomic E-state index is 4.53. The van der Waals surface area contributed by atoms with Crippen molar-refractivity contribution >= 4 is 21.7 Å². The number of aromatic nitrogens is 1. The number of anilines is 1. The van der Waals surface area contributed by atoms with Crippen LogP contribution in [0.3, 0.4) is 0 Å². The molecule has 1 aliphatic heterocycles. The summed E-state index contributed by atoms with van der Waals surface area (Å²) in [5, 5.41) is 3.54. The normalized spacial score (nSPS) is 20.1. The molecule has 0 bridgehead atoms. The van der Waals surface area contributed by atoms with Gasteiger partial charge in [0, 0.05) is 29.8 Å². The van der Waals surface area contributed by atoms with Crippen LogP contribution >= 0.6 is 15.9 Å². The van der Waals surface area contributed by atoms with Gasteiger partial charge >= 0.3 is 0 Å². The molecule has 1 fully saturated rings. The third kappa shape index (κ3) is 3.69. The first-order valence-electron chi connectivity index (χ1n) is 6.90. The lowest BCUT2D eigenvalue weighted by atomic mass is 10.0. The van der Waals surface area contributed by atoms with Gasteiger partial charge in [-0.25, -0.2) is 4.98 Å². The Bertz CT molecular complexity index is 353. The van der Waals surface area contributed by atoms with E-state index in [4.69, 9.17) is 0 Å². The van der Waals surface area contributed by atoms with Crippen LogP contribution in [-0.2, 0) is 0 Å². The molecule has 0 amide bonds. The standard InChI is InChI=1S/C14H22BrN3/c1-2-8-16-11-13-5-3-4-9-18(13)14-7-6-12(15)10-17-14/h6-7,10,13,16H,2-5,8-9,11H2,1H3. The molecule has 0 saturated carbocycles. The average Bonchev–Trinajstić information content (AvgIpc) is 2.41. The van der Waals surface area contributed by atoms with Crippen LogP contribution in [0, 0.1) is 0 Å². The summed E-state index contributed by atoms with van der Waals surface area (Å²) in [6, 6.07) is 4.79. The van der Waals surface area contributed by atoms with Crippen LogP contribution in [0.15, 0.2) is 22.8 Å². The number of piperidine rings is 1. The highest BCUT2D eigenvalue weighted by atomic mass is 79.9. The van der Waals surface area contributed by atoms with E-state index in [-0.39, 0.29) is 0 Å². The second-order valence-corrected chi connectivity index (χ2v) is 5.80. The summed E-state index contributed by atoms with van der Waals surface area (Å²) >= 11 is 3.44. The third-order valence-corrected chi connectivity index (χ3v) is 3.91. The summed E-state index contributed by atoms with van der Waals surface area (Å²) in [7, 11) is 0. The van der Waals surface area contributed by atoms with Gasteiger partial charge in [-0.2, -0.15) is 0 Å². The highest BCUT2D eigenvalue weighted by molar-refractivity contribution is 9.10. The Kier molecular flexibility index (Phi) is 5.45. The minimum Gasteiger partial charge on any atom is -0.352 e. The minimum atomic E-state index is 0.596. The van der Waals surface area contributed by atoms with E-state index in [0.717, 1.165) is 29.9 Å². The van der Waals surface area contributed by atoms with Gasteiger partial charge in [-0.1, -0.05) is 6.92 Å². The molecular weight excluding hydrogens is 290 g/mol. The van der Waals surface area contributed by atoms with Gasteiger partial charge in [0.15, 0.2) is 0 Å². The molecule has 0 radical (unpaired) electrons. The predicted molar refractivity (Wildman–Crippen MR) is 80.1 cm³/mol. The fourth-order valence-electron chi connectivity index (χ4n) is 2.50. The number of nitrogens with zero attached hydrogens (tertiary/aromatic N) is 2. The number of pyridine rings is 1. The lowest BCUT2D eigenvalue weighted by Crippen LogP contribution is -2.46. The number of halogens is 1. The molecule has 1 aromatic heterocycles. The summed E-state index contributed by atoms with van der Waals surface area (Å²) in [4.78, 5) is 6.99. The van der Waals surface area contributed by atoms with Crippen molar-refractivity contribution in [2.75, 3.05) is 24.5 Å². The molecule has 3 nitrogen and oxygen atoms in total. The molecular formula is C14H22BrN3. The van der Waals surface area contributed by atoms with Crippen molar-refractivity contribution in [1.29, 1.82) is 0 Å². The number of hydrogen-bond acceptors (Lipinski definition) is 3. The highest BCUT2D eigenvalue weighted by Crippen LogP contribution is 2.23. The van der Waals surface area contributed by atoms with Crippen LogP contribution in [0.4, 0.5) is 5.82 Å². The molecule has 1 aliphatic rings. The van der Waals surface area contributed by atoms with Crippen LogP contribution in [0.2, 0.25) is 0 Å². The van der Waals surface area contributed by atoms with Crippen molar-refractivity contribution in [3.63, 3.8) is 0 Å². The average molecular weight is 312 g/mol. The SMILES string of the molecule is CCCNCC1CCCCN1c1ccc(Br)cn1. The quantitative estimate of drug-likeness (QED) is 0.846. The second-order valence-electron chi connectivity index (χ2n) is 4.88. The monoisotopic (exact) mass is 311 g/mol. The second kappa shape index (κ2) is 7.10. The Morgan fingerprint density at radius 1 is 1.44 bits per heavy atom. The molecule has 100 valence electrons. The Morgan fingerprint density at radius 2 is 2.33 bits per heavy atom. The summed E-state index contributed by atoms with van der Waals surface area (Å²) in [5.41, 5.74) is 0. The smallest absolute Gasteiger partial charge is 0.128 e. The number of hydrogen-bond donors (Lipinski definition) is 1. The first-order valence-corrected chi connectivity index (χ1v) is 7.69. The lowest BCUT2D eigenvalue weighted by Gasteiger charge is -2.37. The molecule has 18 heavy (non-hydrogen) atoms. The molecule has 2 rings (SSSR count). The molecule has 2 heterocycles. The van der Waals surface area contributed by atoms with E-state index in [0.29, 0.717) is 6.04 Å². The van der Waals surface area contributed by atoms with Gasteiger partial charge < -0.3 is 10.2 Å². The molecule has 0 aromatic carbocycles. The van der Waals surface area contributed by atoms with E-state index >= 15 is 0 Å². The van der Waals surface area contributed by atoms with Gasteiger partial charge in [0.1, 0.15) is 5.82 Å². The fourth-order valence-corrected chi connectivity index (χ4v) is 2.73. The summed E-state index contributed by atoms with van der Waals surface area (Å²) in [5.74, 6) is 1.11. The van der Waals surface area contributed by atoms with E-state index in [1.165, 1.54) is 25.7 Å². The van der Waals surface area contributed by atoms with Gasteiger partial charge in [-0.3, -0.25) is 0 Å². The molecule has 0 aliphatic carbocycles. The third-order valence-electron chi connectivity index (χ3n) is 3.44. The van der Waals surface area contributed by atoms with Crippen LogP contribution in [0.25, 0.3) is 0 Å². The minimum absolute atomic E-state index is 0.596. The van der Waals surface area contributed by atoms with Crippen molar-refractivity contribution in [1.82, 2.24) is 10.3 Å². The van der Waals surface area contributed by atoms with Gasteiger partial charge in [0.25, 0.3) is 0 Å². The van der Waals surface area contributed by atoms with Gasteiger partial charge in [-0.05, 0) is 60.3 Å². The topological polar surface area (TPSA) is 28.2 Å². The van der Waals surface area contributed by atoms with Crippen molar-refractivity contribution < 1.29 is 0 Å². The van der Waals surface area contributed by atoms with E-state index in [1.54, 1.807) is 0 Å². The van der Waals surface area contributed by atoms with Crippen LogP contribution < -0.4 is 10.2 Å². The van der Waals surface area contributed by atoms with E-state index in [2.05, 4.69) is 50.2 Å². The maximum Gasteiger partial charge on any atom is 0.128 e. The van der Waals surface area contributed by atoms with E-state index < -0.39 is 0 Å². The molecule has 1 aromatic rings. The van der Waals surface area contributed by atoms with Gasteiger partial charge in [0.2, 0.25) is 0 Å². The molecule has 0 spiro atoms. The molecule has 1 saturated heterocycles. The van der Waals surface area contributed by atoms with Gasteiger partial charge in [0.05, 0.1) is 0 Å². The molecule has 4 heteroatoms. The zero-order chi connectivity index (χ0) is 12.8. The van der Waals surface area contributed by atoms with Crippen LogP contribution in [-0.4, -0.2) is 30.7 Å².